The molecule has 0 saturated heterocycles. The van der Waals surface area contributed by atoms with Gasteiger partial charge in [0, 0.05) is 55.0 Å². The molecule has 1 radical (unpaired) electrons. The summed E-state index contributed by atoms with van der Waals surface area (Å²) in [6, 6.07) is 39.3. The van der Waals surface area contributed by atoms with Crippen molar-refractivity contribution in [2.75, 3.05) is 28.4 Å². The summed E-state index contributed by atoms with van der Waals surface area (Å²) in [5.41, 5.74) is 8.97. The third kappa shape index (κ3) is 10.3. The maximum Gasteiger partial charge on any atom is 0.267 e. The molecule has 4 aromatic heterocycles. The summed E-state index contributed by atoms with van der Waals surface area (Å²) in [6.07, 6.45) is 8.46. The van der Waals surface area contributed by atoms with E-state index in [2.05, 4.69) is 72.6 Å². The zero-order valence-corrected chi connectivity index (χ0v) is 36.8. The van der Waals surface area contributed by atoms with E-state index >= 15 is 0 Å². The van der Waals surface area contributed by atoms with E-state index in [1.165, 1.54) is 0 Å². The topological polar surface area (TPSA) is 107 Å². The summed E-state index contributed by atoms with van der Waals surface area (Å²) < 4.78 is 29.2. The molecule has 4 heterocycles. The third-order valence-corrected chi connectivity index (χ3v) is 9.33. The first kappa shape index (κ1) is 43.6. The first-order valence-electron chi connectivity index (χ1n) is 18.4. The van der Waals surface area contributed by atoms with Crippen molar-refractivity contribution in [2.24, 2.45) is 0 Å². The molecule has 0 aliphatic carbocycles. The minimum Gasteiger partial charge on any atom is -0.523 e. The molecule has 0 aliphatic heterocycles. The molecule has 4 aromatic carbocycles. The van der Waals surface area contributed by atoms with E-state index in [1.54, 1.807) is 41.6 Å². The molecular formula is C46H45IrN8O4-3. The molecule has 0 bridgehead atoms. The van der Waals surface area contributed by atoms with Gasteiger partial charge in [0.1, 0.15) is 11.5 Å². The monoisotopic (exact) mass is 966 g/mol. The maximum atomic E-state index is 5.31. The van der Waals surface area contributed by atoms with E-state index in [0.717, 1.165) is 74.2 Å². The van der Waals surface area contributed by atoms with Crippen molar-refractivity contribution in [1.82, 2.24) is 29.3 Å². The Bertz CT molecular complexity index is 2320. The molecule has 0 aliphatic rings. The minimum absolute atomic E-state index is 0. The number of pyridine rings is 1. The summed E-state index contributed by atoms with van der Waals surface area (Å²) >= 11 is 0. The average Bonchev–Trinajstić information content (AvgIpc) is 3.95. The van der Waals surface area contributed by atoms with Gasteiger partial charge in [-0.25, -0.2) is 0 Å². The number of benzene rings is 4. The Morgan fingerprint density at radius 2 is 1.05 bits per heavy atom. The summed E-state index contributed by atoms with van der Waals surface area (Å²) in [4.78, 5) is 8.19. The van der Waals surface area contributed by atoms with E-state index in [0.29, 0.717) is 11.6 Å². The van der Waals surface area contributed by atoms with Crippen molar-refractivity contribution in [1.29, 1.82) is 0 Å². The van der Waals surface area contributed by atoms with E-state index in [9.17, 15) is 0 Å². The largest absolute Gasteiger partial charge is 0.523 e. The van der Waals surface area contributed by atoms with Crippen LogP contribution in [0.3, 0.4) is 0 Å². The first-order chi connectivity index (χ1) is 28.1. The van der Waals surface area contributed by atoms with Crippen LogP contribution in [0.1, 0.15) is 28.6 Å². The van der Waals surface area contributed by atoms with E-state index in [4.69, 9.17) is 18.9 Å². The van der Waals surface area contributed by atoms with Gasteiger partial charge in [0.05, 0.1) is 56.9 Å². The SMILES string of the molecule is COc1cc[c-]c(-n2[c-][n+](-c3cccc(OC)c3)c(C)c2C)c1.COc1cc[c-]c(-n2[c-][n+](-c3cccc(OC)c3)c(C)c2C)c1.Cc1n[n-]c(-c2ccccn2)n1.[Ir]. The van der Waals surface area contributed by atoms with Crippen molar-refractivity contribution < 1.29 is 48.2 Å². The van der Waals surface area contributed by atoms with Gasteiger partial charge >= 0.3 is 0 Å². The van der Waals surface area contributed by atoms with Crippen LogP contribution in [0.15, 0.2) is 109 Å². The number of hydrogen-bond donors (Lipinski definition) is 0. The normalized spacial score (nSPS) is 10.3. The number of aryl methyl sites for hydroxylation is 1. The number of aromatic nitrogens is 8. The molecule has 13 heteroatoms. The second kappa shape index (κ2) is 20.2. The Balaban J connectivity index is 0.000000175. The van der Waals surface area contributed by atoms with Crippen molar-refractivity contribution in [3.8, 4) is 57.3 Å². The third-order valence-electron chi connectivity index (χ3n) is 9.33. The van der Waals surface area contributed by atoms with Crippen LogP contribution in [0.4, 0.5) is 0 Å². The van der Waals surface area contributed by atoms with Gasteiger partial charge in [0.2, 0.25) is 0 Å². The van der Waals surface area contributed by atoms with Gasteiger partial charge in [-0.05, 0) is 100 Å². The summed E-state index contributed by atoms with van der Waals surface area (Å²) in [6.45, 7) is 10.1. The number of imidazole rings is 2. The van der Waals surface area contributed by atoms with E-state index in [1.807, 2.05) is 121 Å². The average molecular weight is 966 g/mol. The predicted molar refractivity (Wildman–Crippen MR) is 218 cm³/mol. The molecule has 0 saturated carbocycles. The Kier molecular flexibility index (Phi) is 14.9. The zero-order valence-electron chi connectivity index (χ0n) is 34.4. The van der Waals surface area contributed by atoms with Crippen molar-refractivity contribution in [3.05, 3.63) is 163 Å². The van der Waals surface area contributed by atoms with Gasteiger partial charge in [0.15, 0.2) is 0 Å². The number of rotatable bonds is 9. The molecule has 0 unspecified atom stereocenters. The van der Waals surface area contributed by atoms with Crippen LogP contribution in [0.25, 0.3) is 34.3 Å². The summed E-state index contributed by atoms with van der Waals surface area (Å²) in [7, 11) is 6.66. The molecule has 0 fully saturated rings. The van der Waals surface area contributed by atoms with E-state index < -0.39 is 0 Å². The number of nitrogens with zero attached hydrogens (tertiary/aromatic N) is 8. The molecule has 59 heavy (non-hydrogen) atoms. The van der Waals surface area contributed by atoms with Crippen LogP contribution in [0.2, 0.25) is 0 Å². The summed E-state index contributed by atoms with van der Waals surface area (Å²) in [5.74, 6) is 4.50. The number of ether oxygens (including phenoxy) is 4. The number of hydrogen-bond acceptors (Lipinski definition) is 7. The van der Waals surface area contributed by atoms with Gasteiger partial charge in [-0.15, -0.1) is 24.3 Å². The fourth-order valence-electron chi connectivity index (χ4n) is 5.92. The molecule has 0 spiro atoms. The molecule has 0 N–H and O–H groups in total. The number of methoxy groups -OCH3 is 4. The molecule has 8 aromatic rings. The van der Waals surface area contributed by atoms with Crippen LogP contribution in [0.5, 0.6) is 23.0 Å². The van der Waals surface area contributed by atoms with Gasteiger partial charge in [0.25, 0.3) is 12.7 Å². The van der Waals surface area contributed by atoms with Crippen LogP contribution in [-0.2, 0) is 20.1 Å². The summed E-state index contributed by atoms with van der Waals surface area (Å²) in [5, 5.41) is 7.65. The Morgan fingerprint density at radius 1 is 0.576 bits per heavy atom. The van der Waals surface area contributed by atoms with Gasteiger partial charge in [-0.3, -0.25) is 19.2 Å². The molecular weight excluding hydrogens is 921 g/mol. The Morgan fingerprint density at radius 3 is 1.46 bits per heavy atom. The molecule has 12 nitrogen and oxygen atoms in total. The van der Waals surface area contributed by atoms with Crippen LogP contribution in [-0.4, -0.2) is 52.6 Å². The zero-order chi connectivity index (χ0) is 41.2. The van der Waals surface area contributed by atoms with Gasteiger partial charge in [-0.2, -0.15) is 24.3 Å². The fourth-order valence-corrected chi connectivity index (χ4v) is 5.92. The van der Waals surface area contributed by atoms with Crippen LogP contribution < -0.4 is 33.2 Å². The Labute approximate surface area is 359 Å². The maximum absolute atomic E-state index is 5.31. The first-order valence-corrected chi connectivity index (χ1v) is 18.4. The van der Waals surface area contributed by atoms with Crippen LogP contribution >= 0.6 is 0 Å². The smallest absolute Gasteiger partial charge is 0.267 e. The second-order valence-electron chi connectivity index (χ2n) is 12.9. The molecule has 305 valence electrons. The molecule has 0 amide bonds. The van der Waals surface area contributed by atoms with Crippen molar-refractivity contribution in [3.63, 3.8) is 0 Å². The molecule has 0 atom stereocenters. The van der Waals surface area contributed by atoms with E-state index in [-0.39, 0.29) is 20.1 Å². The fraction of sp³-hybridized carbons (Fsp3) is 0.196. The standard InChI is InChI=1S/2C19H19N2O2.C8H7N4.Ir/c2*1-14-15(2)21(17-8-6-10-19(12-17)23-4)13-20(14)16-7-5-9-18(11-16)22-3;1-6-10-8(12-11-6)7-4-2-3-5-9-7;/h2*5-7,9-12H,1-4H3;2-5H,1H3;/q3*-1;. The Hall–Kier alpha value is -6.56. The van der Waals surface area contributed by atoms with Gasteiger partial charge in [-0.1, -0.05) is 18.2 Å². The van der Waals surface area contributed by atoms with Gasteiger partial charge < -0.3 is 38.2 Å². The quantitative estimate of drug-likeness (QED) is 0.115. The van der Waals surface area contributed by atoms with Crippen molar-refractivity contribution >= 4 is 0 Å². The molecule has 8 rings (SSSR count). The van der Waals surface area contributed by atoms with Crippen LogP contribution in [0, 0.1) is 59.4 Å². The van der Waals surface area contributed by atoms with Crippen molar-refractivity contribution in [2.45, 2.75) is 34.6 Å². The predicted octanol–water partition coefficient (Wildman–Crippen LogP) is 6.78. The second-order valence-corrected chi connectivity index (χ2v) is 12.9. The minimum atomic E-state index is 0.